The molecule has 1 aliphatic rings. The van der Waals surface area contributed by atoms with Gasteiger partial charge in [-0.15, -0.1) is 0 Å². The van der Waals surface area contributed by atoms with E-state index in [4.69, 9.17) is 23.8 Å². The summed E-state index contributed by atoms with van der Waals surface area (Å²) in [5.41, 5.74) is 1.98. The molecule has 1 heterocycles. The number of carbonyl (C=O) groups excluding carboxylic acids is 2. The molecule has 1 N–H and O–H groups in total. The largest absolute Gasteiger partial charge is 0.356 e. The van der Waals surface area contributed by atoms with Gasteiger partial charge in [0.1, 0.15) is 4.32 Å². The van der Waals surface area contributed by atoms with Crippen LogP contribution in [0.4, 0.5) is 0 Å². The van der Waals surface area contributed by atoms with E-state index < -0.39 is 0 Å². The molecule has 1 aliphatic heterocycles. The van der Waals surface area contributed by atoms with Crippen LogP contribution in [-0.2, 0) is 16.0 Å². The third kappa shape index (κ3) is 6.16. The molecule has 1 saturated heterocycles. The Morgan fingerprint density at radius 1 is 1.14 bits per heavy atom. The summed E-state index contributed by atoms with van der Waals surface area (Å²) in [5, 5.41) is 3.51. The first-order chi connectivity index (χ1) is 14.0. The topological polar surface area (TPSA) is 49.4 Å². The predicted octanol–water partition coefficient (Wildman–Crippen LogP) is 4.68. The van der Waals surface area contributed by atoms with E-state index in [2.05, 4.69) is 5.32 Å². The molecule has 2 aromatic rings. The van der Waals surface area contributed by atoms with Crippen LogP contribution in [0.1, 0.15) is 24.0 Å². The summed E-state index contributed by atoms with van der Waals surface area (Å²) in [4.78, 5) is 26.8. The first-order valence-electron chi connectivity index (χ1n) is 9.35. The van der Waals surface area contributed by atoms with E-state index in [1.807, 2.05) is 48.5 Å². The van der Waals surface area contributed by atoms with Crippen LogP contribution in [0.15, 0.2) is 59.5 Å². The van der Waals surface area contributed by atoms with Gasteiger partial charge in [-0.1, -0.05) is 84.1 Å². The molecular formula is C22H21ClN2O2S2. The van der Waals surface area contributed by atoms with E-state index in [0.29, 0.717) is 40.2 Å². The van der Waals surface area contributed by atoms with Gasteiger partial charge in [-0.25, -0.2) is 0 Å². The van der Waals surface area contributed by atoms with E-state index in [1.54, 1.807) is 17.0 Å². The second-order valence-electron chi connectivity index (χ2n) is 6.54. The number of hydrogen-bond acceptors (Lipinski definition) is 4. The first kappa shape index (κ1) is 21.6. The molecule has 0 radical (unpaired) electrons. The van der Waals surface area contributed by atoms with Crippen molar-refractivity contribution in [1.29, 1.82) is 0 Å². The summed E-state index contributed by atoms with van der Waals surface area (Å²) in [7, 11) is 0. The first-order valence-corrected chi connectivity index (χ1v) is 11.0. The van der Waals surface area contributed by atoms with Crippen molar-refractivity contribution in [2.45, 2.75) is 19.3 Å². The Kier molecular flexibility index (Phi) is 7.86. The minimum Gasteiger partial charge on any atom is -0.356 e. The van der Waals surface area contributed by atoms with Crippen LogP contribution in [0.3, 0.4) is 0 Å². The van der Waals surface area contributed by atoms with Gasteiger partial charge in [0, 0.05) is 24.5 Å². The quantitative estimate of drug-likeness (QED) is 0.474. The number of nitrogens with one attached hydrogen (secondary N) is 1. The second-order valence-corrected chi connectivity index (χ2v) is 8.63. The predicted molar refractivity (Wildman–Crippen MR) is 124 cm³/mol. The fraction of sp³-hybridized carbons (Fsp3) is 0.227. The monoisotopic (exact) mass is 444 g/mol. The van der Waals surface area contributed by atoms with Gasteiger partial charge in [0.2, 0.25) is 5.91 Å². The minimum absolute atomic E-state index is 0.0158. The third-order valence-corrected chi connectivity index (χ3v) is 6.15. The van der Waals surface area contributed by atoms with E-state index in [9.17, 15) is 9.59 Å². The van der Waals surface area contributed by atoms with Gasteiger partial charge in [-0.2, -0.15) is 0 Å². The van der Waals surface area contributed by atoms with Gasteiger partial charge in [-0.3, -0.25) is 14.5 Å². The number of halogens is 1. The molecular weight excluding hydrogens is 424 g/mol. The summed E-state index contributed by atoms with van der Waals surface area (Å²) in [6, 6.07) is 17.4. The normalized spacial score (nSPS) is 15.2. The van der Waals surface area contributed by atoms with Gasteiger partial charge in [0.05, 0.1) is 4.91 Å². The average Bonchev–Trinajstić information content (AvgIpc) is 2.98. The van der Waals surface area contributed by atoms with Crippen LogP contribution in [0, 0.1) is 0 Å². The van der Waals surface area contributed by atoms with Crippen molar-refractivity contribution in [1.82, 2.24) is 10.2 Å². The summed E-state index contributed by atoms with van der Waals surface area (Å²) in [5.74, 6) is -0.151. The van der Waals surface area contributed by atoms with E-state index >= 15 is 0 Å². The Balaban J connectivity index is 1.44. The SMILES string of the molecule is O=C(CCCN1C(=O)C(=Cc2ccccc2Cl)SC1=S)NCCc1ccccc1. The summed E-state index contributed by atoms with van der Waals surface area (Å²) >= 11 is 12.8. The van der Waals surface area contributed by atoms with Crippen LogP contribution in [-0.4, -0.2) is 34.1 Å². The van der Waals surface area contributed by atoms with Crippen molar-refractivity contribution in [2.24, 2.45) is 0 Å². The van der Waals surface area contributed by atoms with E-state index in [0.717, 1.165) is 12.0 Å². The Morgan fingerprint density at radius 2 is 1.86 bits per heavy atom. The lowest BCUT2D eigenvalue weighted by Crippen LogP contribution is -2.31. The number of thiocarbonyl (C=S) groups is 1. The van der Waals surface area contributed by atoms with Gasteiger partial charge in [0.15, 0.2) is 0 Å². The van der Waals surface area contributed by atoms with Crippen LogP contribution >= 0.6 is 35.6 Å². The number of benzene rings is 2. The molecule has 0 unspecified atom stereocenters. The molecule has 1 fully saturated rings. The number of nitrogens with zero attached hydrogens (tertiary/aromatic N) is 1. The highest BCUT2D eigenvalue weighted by Crippen LogP contribution is 2.33. The molecule has 150 valence electrons. The smallest absolute Gasteiger partial charge is 0.266 e. The maximum atomic E-state index is 12.6. The lowest BCUT2D eigenvalue weighted by molar-refractivity contribution is -0.123. The van der Waals surface area contributed by atoms with Crippen molar-refractivity contribution in [2.75, 3.05) is 13.1 Å². The van der Waals surface area contributed by atoms with Gasteiger partial charge in [0.25, 0.3) is 5.91 Å². The molecule has 0 saturated carbocycles. The molecule has 7 heteroatoms. The maximum absolute atomic E-state index is 12.6. The zero-order valence-electron chi connectivity index (χ0n) is 15.8. The molecule has 2 aromatic carbocycles. The van der Waals surface area contributed by atoms with Crippen molar-refractivity contribution in [3.63, 3.8) is 0 Å². The lowest BCUT2D eigenvalue weighted by atomic mass is 10.1. The zero-order valence-corrected chi connectivity index (χ0v) is 18.2. The molecule has 0 bridgehead atoms. The molecule has 2 amide bonds. The number of rotatable bonds is 8. The third-order valence-electron chi connectivity index (χ3n) is 4.43. The van der Waals surface area contributed by atoms with Crippen molar-refractivity contribution >= 4 is 57.8 Å². The zero-order chi connectivity index (χ0) is 20.6. The van der Waals surface area contributed by atoms with Gasteiger partial charge in [-0.05, 0) is 36.1 Å². The molecule has 0 spiro atoms. The van der Waals surface area contributed by atoms with Crippen LogP contribution in [0.25, 0.3) is 6.08 Å². The maximum Gasteiger partial charge on any atom is 0.266 e. The fourth-order valence-corrected chi connectivity index (χ4v) is 4.39. The molecule has 0 atom stereocenters. The number of thioether (sulfide) groups is 1. The van der Waals surface area contributed by atoms with Crippen molar-refractivity contribution < 1.29 is 9.59 Å². The highest BCUT2D eigenvalue weighted by Gasteiger charge is 2.31. The number of carbonyl (C=O) groups is 2. The van der Waals surface area contributed by atoms with Gasteiger partial charge >= 0.3 is 0 Å². The van der Waals surface area contributed by atoms with Crippen LogP contribution < -0.4 is 5.32 Å². The Bertz CT molecular complexity index is 931. The number of hydrogen-bond donors (Lipinski definition) is 1. The lowest BCUT2D eigenvalue weighted by Gasteiger charge is -2.14. The molecule has 0 aromatic heterocycles. The standard InChI is InChI=1S/C22H21ClN2O2S2/c23-18-10-5-4-9-17(18)15-19-21(27)25(22(28)29-19)14-6-11-20(26)24-13-12-16-7-2-1-3-8-16/h1-5,7-10,15H,6,11-14H2,(H,24,26). The Hall–Kier alpha value is -2.15. The summed E-state index contributed by atoms with van der Waals surface area (Å²) in [6.45, 7) is 1.03. The second kappa shape index (κ2) is 10.6. The average molecular weight is 445 g/mol. The molecule has 3 rings (SSSR count). The van der Waals surface area contributed by atoms with Gasteiger partial charge < -0.3 is 5.32 Å². The summed E-state index contributed by atoms with van der Waals surface area (Å²) in [6.07, 6.45) is 3.48. The fourth-order valence-electron chi connectivity index (χ4n) is 2.90. The molecule has 29 heavy (non-hydrogen) atoms. The number of amides is 2. The molecule has 0 aliphatic carbocycles. The Labute approximate surface area is 185 Å². The molecule has 4 nitrogen and oxygen atoms in total. The van der Waals surface area contributed by atoms with Crippen molar-refractivity contribution in [3.05, 3.63) is 75.7 Å². The van der Waals surface area contributed by atoms with E-state index in [-0.39, 0.29) is 11.8 Å². The van der Waals surface area contributed by atoms with Crippen LogP contribution in [0.5, 0.6) is 0 Å². The van der Waals surface area contributed by atoms with Crippen LogP contribution in [0.2, 0.25) is 5.02 Å². The van der Waals surface area contributed by atoms with E-state index in [1.165, 1.54) is 17.3 Å². The minimum atomic E-state index is -0.135. The van der Waals surface area contributed by atoms with Crippen molar-refractivity contribution in [3.8, 4) is 0 Å². The Morgan fingerprint density at radius 3 is 2.62 bits per heavy atom. The highest BCUT2D eigenvalue weighted by atomic mass is 35.5. The summed E-state index contributed by atoms with van der Waals surface area (Å²) < 4.78 is 0.512. The highest BCUT2D eigenvalue weighted by molar-refractivity contribution is 8.26.